The van der Waals surface area contributed by atoms with Gasteiger partial charge in [-0.15, -0.1) is 0 Å². The number of ether oxygens (including phenoxy) is 1. The number of amides is 1. The van der Waals surface area contributed by atoms with E-state index in [1.165, 1.54) is 0 Å². The molecule has 0 fully saturated rings. The van der Waals surface area contributed by atoms with Crippen molar-refractivity contribution in [3.8, 4) is 0 Å². The fraction of sp³-hybridized carbons (Fsp3) is 0.200. The highest BCUT2D eigenvalue weighted by Crippen LogP contribution is 2.32. The van der Waals surface area contributed by atoms with Gasteiger partial charge in [0.05, 0.1) is 12.7 Å². The quantitative estimate of drug-likeness (QED) is 0.618. The van der Waals surface area contributed by atoms with Crippen molar-refractivity contribution in [2.45, 2.75) is 6.18 Å². The van der Waals surface area contributed by atoms with Crippen LogP contribution in [0.3, 0.4) is 0 Å². The van der Waals surface area contributed by atoms with Crippen molar-refractivity contribution in [3.05, 3.63) is 29.6 Å². The fourth-order valence-electron chi connectivity index (χ4n) is 1.13. The molecule has 0 aliphatic carbocycles. The van der Waals surface area contributed by atoms with Gasteiger partial charge in [-0.2, -0.15) is 13.2 Å². The van der Waals surface area contributed by atoms with E-state index in [4.69, 9.17) is 0 Å². The molecule has 0 aromatic heterocycles. The average Bonchev–Trinajstić information content (AvgIpc) is 2.29. The second-order valence-corrected chi connectivity index (χ2v) is 3.67. The van der Waals surface area contributed by atoms with Crippen LogP contribution in [0.2, 0.25) is 0 Å². The standard InChI is InChI=1S/C10H8F4N2O2S/c1-18-9(17)16-8(19)15-5-2-3-7(11)6(4-5)10(12,13)14/h2-4H,1H3,(H2,15,16,17,19). The number of thiocarbonyl (C=S) groups is 1. The summed E-state index contributed by atoms with van der Waals surface area (Å²) >= 11 is 4.65. The lowest BCUT2D eigenvalue weighted by Crippen LogP contribution is -2.34. The van der Waals surface area contributed by atoms with E-state index >= 15 is 0 Å². The van der Waals surface area contributed by atoms with Crippen LogP contribution in [0.4, 0.5) is 28.0 Å². The summed E-state index contributed by atoms with van der Waals surface area (Å²) in [6.07, 6.45) is -5.70. The van der Waals surface area contributed by atoms with E-state index in [9.17, 15) is 22.4 Å². The Kier molecular flexibility index (Phi) is 4.65. The topological polar surface area (TPSA) is 50.4 Å². The Morgan fingerprint density at radius 2 is 2.00 bits per heavy atom. The zero-order valence-electron chi connectivity index (χ0n) is 9.47. The summed E-state index contributed by atoms with van der Waals surface area (Å²) < 4.78 is 54.6. The normalized spacial score (nSPS) is 10.8. The number of carbonyl (C=O) groups is 1. The molecule has 1 aromatic carbocycles. The smallest absolute Gasteiger partial charge is 0.419 e. The lowest BCUT2D eigenvalue weighted by Gasteiger charge is -2.12. The van der Waals surface area contributed by atoms with E-state index in [1.807, 2.05) is 5.32 Å². The van der Waals surface area contributed by atoms with Gasteiger partial charge in [-0.05, 0) is 30.4 Å². The highest BCUT2D eigenvalue weighted by atomic mass is 32.1. The number of benzene rings is 1. The summed E-state index contributed by atoms with van der Waals surface area (Å²) in [5, 5.41) is 4.06. The lowest BCUT2D eigenvalue weighted by molar-refractivity contribution is -0.139. The number of methoxy groups -OCH3 is 1. The lowest BCUT2D eigenvalue weighted by atomic mass is 10.2. The van der Waals surface area contributed by atoms with Crippen LogP contribution in [-0.2, 0) is 10.9 Å². The number of halogens is 4. The molecule has 0 bridgehead atoms. The Balaban J connectivity index is 2.86. The first-order chi connectivity index (χ1) is 8.74. The van der Waals surface area contributed by atoms with E-state index in [-0.39, 0.29) is 10.8 Å². The maximum absolute atomic E-state index is 13.0. The third-order valence-electron chi connectivity index (χ3n) is 1.93. The summed E-state index contributed by atoms with van der Waals surface area (Å²) in [5.41, 5.74) is -1.55. The number of hydrogen-bond donors (Lipinski definition) is 2. The Labute approximate surface area is 110 Å². The minimum Gasteiger partial charge on any atom is -0.453 e. The van der Waals surface area contributed by atoms with E-state index in [1.54, 1.807) is 0 Å². The molecule has 1 rings (SSSR count). The molecule has 0 radical (unpaired) electrons. The van der Waals surface area contributed by atoms with Crippen molar-refractivity contribution < 1.29 is 27.1 Å². The molecule has 0 heterocycles. The number of alkyl halides is 3. The molecule has 0 spiro atoms. The molecule has 9 heteroatoms. The molecule has 0 aliphatic heterocycles. The van der Waals surface area contributed by atoms with Crippen LogP contribution in [0.15, 0.2) is 18.2 Å². The number of hydrogen-bond acceptors (Lipinski definition) is 3. The van der Waals surface area contributed by atoms with E-state index in [0.717, 1.165) is 13.2 Å². The number of nitrogens with one attached hydrogen (secondary N) is 2. The van der Waals surface area contributed by atoms with Crippen LogP contribution in [0.5, 0.6) is 0 Å². The summed E-state index contributed by atoms with van der Waals surface area (Å²) in [7, 11) is 1.09. The molecule has 0 saturated carbocycles. The second kappa shape index (κ2) is 5.83. The van der Waals surface area contributed by atoms with Crippen LogP contribution < -0.4 is 10.6 Å². The molecule has 0 aliphatic rings. The predicted octanol–water partition coefficient (Wildman–Crippen LogP) is 2.90. The monoisotopic (exact) mass is 296 g/mol. The number of rotatable bonds is 1. The molecule has 0 unspecified atom stereocenters. The van der Waals surface area contributed by atoms with Crippen molar-refractivity contribution in [2.24, 2.45) is 0 Å². The Morgan fingerprint density at radius 1 is 1.37 bits per heavy atom. The first kappa shape index (κ1) is 15.2. The molecule has 0 atom stereocenters. The minimum absolute atomic E-state index is 0.116. The highest BCUT2D eigenvalue weighted by Gasteiger charge is 2.34. The first-order valence-electron chi connectivity index (χ1n) is 4.76. The molecule has 104 valence electrons. The van der Waals surface area contributed by atoms with Gasteiger partial charge in [0.25, 0.3) is 0 Å². The maximum atomic E-state index is 13.0. The van der Waals surface area contributed by atoms with E-state index in [0.29, 0.717) is 12.1 Å². The van der Waals surface area contributed by atoms with Gasteiger partial charge in [0.2, 0.25) is 0 Å². The third-order valence-corrected chi connectivity index (χ3v) is 2.13. The van der Waals surface area contributed by atoms with Gasteiger partial charge in [-0.3, -0.25) is 5.32 Å². The van der Waals surface area contributed by atoms with Crippen molar-refractivity contribution in [2.75, 3.05) is 12.4 Å². The molecule has 1 aromatic rings. The van der Waals surface area contributed by atoms with Crippen LogP contribution in [0, 0.1) is 5.82 Å². The summed E-state index contributed by atoms with van der Waals surface area (Å²) in [6, 6.07) is 2.24. The highest BCUT2D eigenvalue weighted by molar-refractivity contribution is 7.80. The minimum atomic E-state index is -4.82. The number of anilines is 1. The number of alkyl carbamates (subject to hydrolysis) is 1. The summed E-state index contributed by atoms with van der Waals surface area (Å²) in [6.45, 7) is 0. The Bertz CT molecular complexity index is 505. The van der Waals surface area contributed by atoms with Crippen LogP contribution in [-0.4, -0.2) is 18.3 Å². The zero-order valence-corrected chi connectivity index (χ0v) is 10.3. The van der Waals surface area contributed by atoms with Gasteiger partial charge in [-0.1, -0.05) is 0 Å². The average molecular weight is 296 g/mol. The van der Waals surface area contributed by atoms with Gasteiger partial charge in [0.1, 0.15) is 5.82 Å². The Hall–Kier alpha value is -1.90. The molecular weight excluding hydrogens is 288 g/mol. The van der Waals surface area contributed by atoms with Gasteiger partial charge in [0, 0.05) is 5.69 Å². The van der Waals surface area contributed by atoms with E-state index < -0.39 is 23.7 Å². The molecule has 2 N–H and O–H groups in total. The largest absolute Gasteiger partial charge is 0.453 e. The van der Waals surface area contributed by atoms with Crippen molar-refractivity contribution in [3.63, 3.8) is 0 Å². The Morgan fingerprint density at radius 3 is 2.53 bits per heavy atom. The maximum Gasteiger partial charge on any atom is 0.419 e. The molecule has 19 heavy (non-hydrogen) atoms. The van der Waals surface area contributed by atoms with Crippen LogP contribution >= 0.6 is 12.2 Å². The van der Waals surface area contributed by atoms with Crippen molar-refractivity contribution in [1.29, 1.82) is 0 Å². The number of carbonyl (C=O) groups excluding carboxylic acids is 1. The SMILES string of the molecule is COC(=O)NC(=S)Nc1ccc(F)c(C(F)(F)F)c1. The second-order valence-electron chi connectivity index (χ2n) is 3.26. The van der Waals surface area contributed by atoms with Gasteiger partial charge in [0.15, 0.2) is 5.11 Å². The van der Waals surface area contributed by atoms with Gasteiger partial charge < -0.3 is 10.1 Å². The predicted molar refractivity (Wildman–Crippen MR) is 63.2 cm³/mol. The molecule has 0 saturated heterocycles. The van der Waals surface area contributed by atoms with Crippen molar-refractivity contribution in [1.82, 2.24) is 5.32 Å². The molecular formula is C10H8F4N2O2S. The summed E-state index contributed by atoms with van der Waals surface area (Å²) in [4.78, 5) is 10.8. The summed E-state index contributed by atoms with van der Waals surface area (Å²) in [5.74, 6) is -1.40. The van der Waals surface area contributed by atoms with Gasteiger partial charge in [-0.25, -0.2) is 9.18 Å². The zero-order chi connectivity index (χ0) is 14.6. The van der Waals surface area contributed by atoms with Crippen LogP contribution in [0.25, 0.3) is 0 Å². The van der Waals surface area contributed by atoms with E-state index in [2.05, 4.69) is 22.3 Å². The fourth-order valence-corrected chi connectivity index (χ4v) is 1.33. The van der Waals surface area contributed by atoms with Crippen LogP contribution in [0.1, 0.15) is 5.56 Å². The third kappa shape index (κ3) is 4.36. The van der Waals surface area contributed by atoms with Gasteiger partial charge >= 0.3 is 12.3 Å². The van der Waals surface area contributed by atoms with Crippen molar-refractivity contribution >= 4 is 29.1 Å². The first-order valence-corrected chi connectivity index (χ1v) is 5.17. The molecule has 4 nitrogen and oxygen atoms in total. The molecule has 1 amide bonds.